The van der Waals surface area contributed by atoms with Gasteiger partial charge >= 0.3 is 11.6 Å². The molecule has 0 fully saturated rings. The third-order valence-corrected chi connectivity index (χ3v) is 3.77. The van der Waals surface area contributed by atoms with Crippen molar-refractivity contribution in [2.75, 3.05) is 6.61 Å². The second kappa shape index (κ2) is 6.58. The molecule has 0 radical (unpaired) electrons. The fraction of sp³-hybridized carbons (Fsp3) is 0.158. The quantitative estimate of drug-likeness (QED) is 0.725. The van der Waals surface area contributed by atoms with Gasteiger partial charge < -0.3 is 14.3 Å². The first-order valence-electron chi connectivity index (χ1n) is 7.54. The van der Waals surface area contributed by atoms with Crippen molar-refractivity contribution in [2.24, 2.45) is 0 Å². The molecule has 0 saturated carbocycles. The number of rotatable bonds is 5. The number of aliphatic carboxylic acids is 1. The summed E-state index contributed by atoms with van der Waals surface area (Å²) >= 11 is 0. The molecule has 5 heteroatoms. The zero-order chi connectivity index (χ0) is 17.1. The van der Waals surface area contributed by atoms with Gasteiger partial charge in [0, 0.05) is 17.0 Å². The lowest BCUT2D eigenvalue weighted by molar-refractivity contribution is -0.137. The largest absolute Gasteiger partial charge is 0.493 e. The van der Waals surface area contributed by atoms with E-state index in [1.165, 1.54) is 6.07 Å². The van der Waals surface area contributed by atoms with Crippen LogP contribution in [0.5, 0.6) is 5.75 Å². The molecule has 0 unspecified atom stereocenters. The van der Waals surface area contributed by atoms with Crippen LogP contribution in [0.15, 0.2) is 57.7 Å². The molecule has 0 aliphatic carbocycles. The number of hydrogen-bond donors (Lipinski definition) is 1. The Morgan fingerprint density at radius 3 is 2.62 bits per heavy atom. The van der Waals surface area contributed by atoms with Crippen molar-refractivity contribution in [1.82, 2.24) is 0 Å². The zero-order valence-corrected chi connectivity index (χ0v) is 13.1. The van der Waals surface area contributed by atoms with Crippen molar-refractivity contribution in [3.8, 4) is 16.9 Å². The molecule has 0 amide bonds. The summed E-state index contributed by atoms with van der Waals surface area (Å²) < 4.78 is 10.9. The molecule has 0 saturated heterocycles. The number of ether oxygens (including phenoxy) is 1. The zero-order valence-electron chi connectivity index (χ0n) is 13.1. The molecule has 2 aromatic carbocycles. The van der Waals surface area contributed by atoms with Gasteiger partial charge in [-0.2, -0.15) is 0 Å². The van der Waals surface area contributed by atoms with Crippen molar-refractivity contribution >= 4 is 16.9 Å². The predicted octanol–water partition coefficient (Wildman–Crippen LogP) is 3.62. The molecule has 3 aromatic rings. The Labute approximate surface area is 138 Å². The molecule has 1 aromatic heterocycles. The van der Waals surface area contributed by atoms with E-state index in [0.29, 0.717) is 16.9 Å². The van der Waals surface area contributed by atoms with E-state index < -0.39 is 11.6 Å². The van der Waals surface area contributed by atoms with Gasteiger partial charge in [0.15, 0.2) is 0 Å². The molecule has 122 valence electrons. The molecular formula is C19H16O5. The first-order valence-corrected chi connectivity index (χ1v) is 7.54. The Morgan fingerprint density at radius 2 is 1.92 bits per heavy atom. The SMILES string of the molecule is Cc1c(OCCC(=O)O)ccc2c(-c3ccccc3)cc(=O)oc12. The van der Waals surface area contributed by atoms with Crippen LogP contribution in [-0.2, 0) is 4.79 Å². The molecule has 1 heterocycles. The minimum Gasteiger partial charge on any atom is -0.493 e. The molecule has 0 spiro atoms. The highest BCUT2D eigenvalue weighted by atomic mass is 16.5. The first-order chi connectivity index (χ1) is 11.6. The maximum atomic E-state index is 12.0. The highest BCUT2D eigenvalue weighted by Crippen LogP contribution is 2.32. The van der Waals surface area contributed by atoms with E-state index in [4.69, 9.17) is 14.3 Å². The van der Waals surface area contributed by atoms with E-state index in [9.17, 15) is 9.59 Å². The molecule has 0 bridgehead atoms. The monoisotopic (exact) mass is 324 g/mol. The van der Waals surface area contributed by atoms with Gasteiger partial charge in [-0.1, -0.05) is 30.3 Å². The Kier molecular flexibility index (Phi) is 4.33. The maximum absolute atomic E-state index is 12.0. The lowest BCUT2D eigenvalue weighted by Crippen LogP contribution is -2.06. The Hall–Kier alpha value is -3.08. The number of hydrogen-bond acceptors (Lipinski definition) is 4. The van der Waals surface area contributed by atoms with Crippen LogP contribution in [0.25, 0.3) is 22.1 Å². The standard InChI is InChI=1S/C19H16O5/c1-12-16(23-10-9-17(20)21)8-7-14-15(11-18(22)24-19(12)14)13-5-3-2-4-6-13/h2-8,11H,9-10H2,1H3,(H,20,21). The highest BCUT2D eigenvalue weighted by molar-refractivity contribution is 5.95. The van der Waals surface area contributed by atoms with E-state index in [-0.39, 0.29) is 13.0 Å². The summed E-state index contributed by atoms with van der Waals surface area (Å²) in [5, 5.41) is 9.50. The van der Waals surface area contributed by atoms with Crippen molar-refractivity contribution in [3.63, 3.8) is 0 Å². The van der Waals surface area contributed by atoms with Gasteiger partial charge in [-0.15, -0.1) is 0 Å². The van der Waals surface area contributed by atoms with Crippen LogP contribution in [0.1, 0.15) is 12.0 Å². The van der Waals surface area contributed by atoms with E-state index in [1.807, 2.05) is 36.4 Å². The smallest absolute Gasteiger partial charge is 0.336 e. The van der Waals surface area contributed by atoms with E-state index >= 15 is 0 Å². The normalized spacial score (nSPS) is 10.7. The predicted molar refractivity (Wildman–Crippen MR) is 90.4 cm³/mol. The summed E-state index contributed by atoms with van der Waals surface area (Å²) in [7, 11) is 0. The van der Waals surface area contributed by atoms with E-state index in [0.717, 1.165) is 16.5 Å². The van der Waals surface area contributed by atoms with Gasteiger partial charge in [0.25, 0.3) is 0 Å². The van der Waals surface area contributed by atoms with Gasteiger partial charge in [0.2, 0.25) is 0 Å². The summed E-state index contributed by atoms with van der Waals surface area (Å²) in [5.41, 5.74) is 2.41. The van der Waals surface area contributed by atoms with Crippen molar-refractivity contribution in [1.29, 1.82) is 0 Å². The minimum absolute atomic E-state index is 0.0598. The molecule has 0 atom stereocenters. The van der Waals surface area contributed by atoms with Crippen LogP contribution in [0.3, 0.4) is 0 Å². The second-order valence-electron chi connectivity index (χ2n) is 5.40. The van der Waals surface area contributed by atoms with Crippen LogP contribution in [0.2, 0.25) is 0 Å². The summed E-state index contributed by atoms with van der Waals surface area (Å²) in [6.45, 7) is 1.85. The molecule has 3 rings (SSSR count). The van der Waals surface area contributed by atoms with E-state index in [1.54, 1.807) is 13.0 Å². The van der Waals surface area contributed by atoms with Crippen LogP contribution < -0.4 is 10.4 Å². The maximum Gasteiger partial charge on any atom is 0.336 e. The molecule has 0 aliphatic heterocycles. The summed E-state index contributed by atoms with van der Waals surface area (Å²) in [6, 6.07) is 14.7. The van der Waals surface area contributed by atoms with Gasteiger partial charge in [-0.3, -0.25) is 4.79 Å². The number of carboxylic acid groups (broad SMARTS) is 1. The topological polar surface area (TPSA) is 76.7 Å². The second-order valence-corrected chi connectivity index (χ2v) is 5.40. The minimum atomic E-state index is -0.925. The molecule has 24 heavy (non-hydrogen) atoms. The molecule has 0 aliphatic rings. The van der Waals surface area contributed by atoms with Gasteiger partial charge in [0.05, 0.1) is 13.0 Å². The number of aryl methyl sites for hydroxylation is 1. The third kappa shape index (κ3) is 3.15. The lowest BCUT2D eigenvalue weighted by Gasteiger charge is -2.12. The van der Waals surface area contributed by atoms with Crippen LogP contribution in [0, 0.1) is 6.92 Å². The fourth-order valence-corrected chi connectivity index (χ4v) is 2.60. The average Bonchev–Trinajstić information content (AvgIpc) is 2.57. The van der Waals surface area contributed by atoms with Crippen molar-refractivity contribution in [3.05, 3.63) is 64.5 Å². The summed E-state index contributed by atoms with van der Waals surface area (Å²) in [4.78, 5) is 22.6. The summed E-state index contributed by atoms with van der Waals surface area (Å²) in [5.74, 6) is -0.413. The van der Waals surface area contributed by atoms with Gasteiger partial charge in [0.1, 0.15) is 11.3 Å². The molecular weight excluding hydrogens is 308 g/mol. The molecule has 1 N–H and O–H groups in total. The Morgan fingerprint density at radius 1 is 1.17 bits per heavy atom. The lowest BCUT2D eigenvalue weighted by atomic mass is 10.0. The summed E-state index contributed by atoms with van der Waals surface area (Å²) in [6.07, 6.45) is -0.0918. The highest BCUT2D eigenvalue weighted by Gasteiger charge is 2.13. The van der Waals surface area contributed by atoms with Crippen molar-refractivity contribution < 1.29 is 19.1 Å². The first kappa shape index (κ1) is 15.8. The number of carboxylic acids is 1. The van der Waals surface area contributed by atoms with Crippen LogP contribution in [-0.4, -0.2) is 17.7 Å². The fourth-order valence-electron chi connectivity index (χ4n) is 2.60. The van der Waals surface area contributed by atoms with Crippen molar-refractivity contribution in [2.45, 2.75) is 13.3 Å². The van der Waals surface area contributed by atoms with Gasteiger partial charge in [-0.25, -0.2) is 4.79 Å². The number of fused-ring (bicyclic) bond motifs is 1. The van der Waals surface area contributed by atoms with Crippen LogP contribution in [0.4, 0.5) is 0 Å². The van der Waals surface area contributed by atoms with Crippen LogP contribution >= 0.6 is 0 Å². The Balaban J connectivity index is 2.09. The Bertz CT molecular complexity index is 941. The molecule has 5 nitrogen and oxygen atoms in total. The van der Waals surface area contributed by atoms with Gasteiger partial charge in [-0.05, 0) is 30.2 Å². The average molecular weight is 324 g/mol. The third-order valence-electron chi connectivity index (χ3n) is 3.77. The van der Waals surface area contributed by atoms with E-state index in [2.05, 4.69) is 0 Å². The number of carbonyl (C=O) groups is 1. The number of benzene rings is 2.